The highest BCUT2D eigenvalue weighted by atomic mass is 79.9. The van der Waals surface area contributed by atoms with E-state index in [4.69, 9.17) is 17.0 Å². The zero-order valence-electron chi connectivity index (χ0n) is 9.16. The molecule has 1 aromatic heterocycles. The molecule has 0 radical (unpaired) electrons. The Balaban J connectivity index is 2.42. The van der Waals surface area contributed by atoms with Gasteiger partial charge in [0, 0.05) is 23.8 Å². The molecule has 2 N–H and O–H groups in total. The first-order chi connectivity index (χ1) is 7.61. The van der Waals surface area contributed by atoms with Gasteiger partial charge in [-0.15, -0.1) is 0 Å². The second kappa shape index (κ2) is 6.78. The SMILES string of the molecule is COC[C@H](C)NC(=S)Nc1ccc(Br)cn1. The number of ether oxygens (including phenoxy) is 1. The van der Waals surface area contributed by atoms with E-state index in [-0.39, 0.29) is 6.04 Å². The van der Waals surface area contributed by atoms with Crippen LogP contribution in [-0.4, -0.2) is 29.9 Å². The van der Waals surface area contributed by atoms with Crippen LogP contribution in [-0.2, 0) is 4.74 Å². The summed E-state index contributed by atoms with van der Waals surface area (Å²) in [7, 11) is 1.66. The third-order valence-corrected chi connectivity index (χ3v) is 2.45. The van der Waals surface area contributed by atoms with Crippen molar-refractivity contribution in [3.8, 4) is 0 Å². The number of halogens is 1. The van der Waals surface area contributed by atoms with Crippen LogP contribution in [0.25, 0.3) is 0 Å². The molecule has 0 saturated carbocycles. The van der Waals surface area contributed by atoms with E-state index in [0.29, 0.717) is 17.5 Å². The number of methoxy groups -OCH3 is 1. The highest BCUT2D eigenvalue weighted by Crippen LogP contribution is 2.10. The Morgan fingerprint density at radius 2 is 2.38 bits per heavy atom. The highest BCUT2D eigenvalue weighted by molar-refractivity contribution is 9.10. The van der Waals surface area contributed by atoms with Gasteiger partial charge in [-0.05, 0) is 47.2 Å². The number of hydrogen-bond donors (Lipinski definition) is 2. The molecule has 4 nitrogen and oxygen atoms in total. The van der Waals surface area contributed by atoms with Crippen LogP contribution in [0.2, 0.25) is 0 Å². The fourth-order valence-corrected chi connectivity index (χ4v) is 1.66. The molecule has 1 rings (SSSR count). The summed E-state index contributed by atoms with van der Waals surface area (Å²) in [4.78, 5) is 4.15. The van der Waals surface area contributed by atoms with Crippen LogP contribution in [0.3, 0.4) is 0 Å². The van der Waals surface area contributed by atoms with Gasteiger partial charge in [0.1, 0.15) is 5.82 Å². The average molecular weight is 304 g/mol. The van der Waals surface area contributed by atoms with Crippen molar-refractivity contribution < 1.29 is 4.74 Å². The fourth-order valence-electron chi connectivity index (χ4n) is 1.12. The van der Waals surface area contributed by atoms with Gasteiger partial charge >= 0.3 is 0 Å². The predicted octanol–water partition coefficient (Wildman–Crippen LogP) is 2.17. The van der Waals surface area contributed by atoms with E-state index in [1.165, 1.54) is 0 Å². The lowest BCUT2D eigenvalue weighted by molar-refractivity contribution is 0.179. The van der Waals surface area contributed by atoms with Crippen molar-refractivity contribution in [2.24, 2.45) is 0 Å². The van der Waals surface area contributed by atoms with Crippen molar-refractivity contribution in [2.75, 3.05) is 19.0 Å². The summed E-state index contributed by atoms with van der Waals surface area (Å²) in [5.41, 5.74) is 0. The van der Waals surface area contributed by atoms with Crippen LogP contribution in [0.15, 0.2) is 22.8 Å². The first-order valence-electron chi connectivity index (χ1n) is 4.80. The Bertz CT molecular complexity index is 344. The van der Waals surface area contributed by atoms with Gasteiger partial charge in [0.25, 0.3) is 0 Å². The van der Waals surface area contributed by atoms with E-state index < -0.39 is 0 Å². The second-order valence-electron chi connectivity index (χ2n) is 3.32. The summed E-state index contributed by atoms with van der Waals surface area (Å²) < 4.78 is 5.93. The van der Waals surface area contributed by atoms with Crippen LogP contribution in [0.4, 0.5) is 5.82 Å². The normalized spacial score (nSPS) is 11.9. The van der Waals surface area contributed by atoms with Crippen LogP contribution in [0.5, 0.6) is 0 Å². The largest absolute Gasteiger partial charge is 0.383 e. The topological polar surface area (TPSA) is 46.2 Å². The molecule has 0 bridgehead atoms. The average Bonchev–Trinajstić information content (AvgIpc) is 2.21. The van der Waals surface area contributed by atoms with Gasteiger partial charge in [0.2, 0.25) is 0 Å². The molecule has 0 aliphatic carbocycles. The van der Waals surface area contributed by atoms with Gasteiger partial charge in [0.05, 0.1) is 6.61 Å². The summed E-state index contributed by atoms with van der Waals surface area (Å²) in [6.45, 7) is 2.60. The molecule has 1 aromatic rings. The zero-order chi connectivity index (χ0) is 12.0. The van der Waals surface area contributed by atoms with E-state index in [2.05, 4.69) is 31.5 Å². The fraction of sp³-hybridized carbons (Fsp3) is 0.400. The van der Waals surface area contributed by atoms with Gasteiger partial charge in [0.15, 0.2) is 5.11 Å². The molecule has 0 spiro atoms. The van der Waals surface area contributed by atoms with Crippen molar-refractivity contribution in [3.05, 3.63) is 22.8 Å². The number of nitrogens with zero attached hydrogens (tertiary/aromatic N) is 1. The van der Waals surface area contributed by atoms with Crippen LogP contribution in [0.1, 0.15) is 6.92 Å². The number of nitrogens with one attached hydrogen (secondary N) is 2. The summed E-state index contributed by atoms with van der Waals surface area (Å²) in [6, 6.07) is 3.91. The quantitative estimate of drug-likeness (QED) is 0.835. The third kappa shape index (κ3) is 4.87. The molecule has 88 valence electrons. The summed E-state index contributed by atoms with van der Waals surface area (Å²) in [6.07, 6.45) is 1.71. The van der Waals surface area contributed by atoms with Gasteiger partial charge in [-0.25, -0.2) is 4.98 Å². The molecular weight excluding hydrogens is 290 g/mol. The minimum atomic E-state index is 0.167. The molecule has 0 fully saturated rings. The molecule has 16 heavy (non-hydrogen) atoms. The summed E-state index contributed by atoms with van der Waals surface area (Å²) >= 11 is 8.45. The van der Waals surface area contributed by atoms with E-state index in [1.807, 2.05) is 19.1 Å². The monoisotopic (exact) mass is 303 g/mol. The number of rotatable bonds is 4. The molecule has 0 unspecified atom stereocenters. The lowest BCUT2D eigenvalue weighted by Crippen LogP contribution is -2.38. The van der Waals surface area contributed by atoms with Crippen LogP contribution in [0, 0.1) is 0 Å². The van der Waals surface area contributed by atoms with Crippen molar-refractivity contribution in [3.63, 3.8) is 0 Å². The smallest absolute Gasteiger partial charge is 0.172 e. The number of anilines is 1. The van der Waals surface area contributed by atoms with Crippen LogP contribution >= 0.6 is 28.1 Å². The molecule has 0 aromatic carbocycles. The minimum absolute atomic E-state index is 0.167. The first-order valence-corrected chi connectivity index (χ1v) is 6.00. The standard InChI is InChI=1S/C10H14BrN3OS/c1-7(6-15-2)13-10(16)14-9-4-3-8(11)5-12-9/h3-5,7H,6H2,1-2H3,(H2,12,13,14,16)/t7-/m0/s1. The maximum atomic E-state index is 5.13. The molecule has 6 heteroatoms. The molecular formula is C10H14BrN3OS. The van der Waals surface area contributed by atoms with Crippen molar-refractivity contribution in [1.29, 1.82) is 0 Å². The molecule has 0 amide bonds. The van der Waals surface area contributed by atoms with Crippen molar-refractivity contribution in [1.82, 2.24) is 10.3 Å². The predicted molar refractivity (Wildman–Crippen MR) is 72.6 cm³/mol. The van der Waals surface area contributed by atoms with E-state index in [0.717, 1.165) is 4.47 Å². The van der Waals surface area contributed by atoms with Gasteiger partial charge < -0.3 is 15.4 Å². The van der Waals surface area contributed by atoms with Crippen molar-refractivity contribution in [2.45, 2.75) is 13.0 Å². The molecule has 0 aliphatic rings. The lowest BCUT2D eigenvalue weighted by atomic mass is 10.4. The molecule has 0 saturated heterocycles. The molecule has 1 heterocycles. The Labute approximate surface area is 109 Å². The van der Waals surface area contributed by atoms with Gasteiger partial charge in [-0.2, -0.15) is 0 Å². The van der Waals surface area contributed by atoms with Crippen molar-refractivity contribution >= 4 is 39.1 Å². The van der Waals surface area contributed by atoms with E-state index >= 15 is 0 Å². The molecule has 0 aliphatic heterocycles. The third-order valence-electron chi connectivity index (χ3n) is 1.76. The zero-order valence-corrected chi connectivity index (χ0v) is 11.6. The number of thiocarbonyl (C=S) groups is 1. The maximum absolute atomic E-state index is 5.13. The van der Waals surface area contributed by atoms with Gasteiger partial charge in [-0.1, -0.05) is 0 Å². The lowest BCUT2D eigenvalue weighted by Gasteiger charge is -2.15. The maximum Gasteiger partial charge on any atom is 0.172 e. The number of pyridine rings is 1. The first kappa shape index (κ1) is 13.3. The summed E-state index contributed by atoms with van der Waals surface area (Å²) in [5.74, 6) is 0.713. The summed E-state index contributed by atoms with van der Waals surface area (Å²) in [5, 5.41) is 6.62. The Hall–Kier alpha value is -0.720. The highest BCUT2D eigenvalue weighted by Gasteiger charge is 2.03. The Kier molecular flexibility index (Phi) is 5.65. The van der Waals surface area contributed by atoms with E-state index in [9.17, 15) is 0 Å². The Morgan fingerprint density at radius 1 is 1.62 bits per heavy atom. The minimum Gasteiger partial charge on any atom is -0.383 e. The number of hydrogen-bond acceptors (Lipinski definition) is 3. The molecule has 1 atom stereocenters. The number of aromatic nitrogens is 1. The Morgan fingerprint density at radius 3 is 2.94 bits per heavy atom. The second-order valence-corrected chi connectivity index (χ2v) is 4.64. The van der Waals surface area contributed by atoms with Crippen LogP contribution < -0.4 is 10.6 Å². The van der Waals surface area contributed by atoms with Gasteiger partial charge in [-0.3, -0.25) is 0 Å². The van der Waals surface area contributed by atoms with E-state index in [1.54, 1.807) is 13.3 Å².